The van der Waals surface area contributed by atoms with Crippen molar-refractivity contribution in [3.63, 3.8) is 0 Å². The fraction of sp³-hybridized carbons (Fsp3) is 0.533. The number of benzene rings is 1. The van der Waals surface area contributed by atoms with Crippen LogP contribution < -0.4 is 4.74 Å². The van der Waals surface area contributed by atoms with Crippen molar-refractivity contribution in [3.05, 3.63) is 28.2 Å². The Labute approximate surface area is 135 Å². The molecule has 1 atom stereocenters. The summed E-state index contributed by atoms with van der Waals surface area (Å²) in [5.74, 6) is 0.247. The van der Waals surface area contributed by atoms with Crippen LogP contribution in [0.1, 0.15) is 26.2 Å². The molecule has 0 aliphatic heterocycles. The number of carbonyl (C=O) groups excluding carboxylic acids is 1. The average Bonchev–Trinajstić information content (AvgIpc) is 2.44. The quantitative estimate of drug-likeness (QED) is 0.637. The minimum Gasteiger partial charge on any atom is -0.488 e. The van der Waals surface area contributed by atoms with Gasteiger partial charge in [0.25, 0.3) is 0 Å². The van der Waals surface area contributed by atoms with Gasteiger partial charge in [0.1, 0.15) is 12.4 Å². The van der Waals surface area contributed by atoms with Crippen LogP contribution in [0.4, 0.5) is 0 Å². The SMILES string of the molecule is CCCCC(=O)OC(COC)COc1ccc(Cl)cc1Cl. The van der Waals surface area contributed by atoms with Gasteiger partial charge in [-0.2, -0.15) is 0 Å². The smallest absolute Gasteiger partial charge is 0.306 e. The topological polar surface area (TPSA) is 44.8 Å². The van der Waals surface area contributed by atoms with Crippen molar-refractivity contribution in [2.75, 3.05) is 20.3 Å². The Morgan fingerprint density at radius 2 is 2.05 bits per heavy atom. The molecule has 1 aromatic rings. The van der Waals surface area contributed by atoms with Gasteiger partial charge in [-0.05, 0) is 24.6 Å². The Balaban J connectivity index is 2.51. The molecule has 1 unspecified atom stereocenters. The third kappa shape index (κ3) is 7.02. The van der Waals surface area contributed by atoms with E-state index in [0.29, 0.717) is 22.2 Å². The molecule has 4 nitrogen and oxygen atoms in total. The van der Waals surface area contributed by atoms with E-state index in [9.17, 15) is 4.79 Å². The minimum atomic E-state index is -0.467. The zero-order chi connectivity index (χ0) is 15.7. The van der Waals surface area contributed by atoms with E-state index in [1.165, 1.54) is 0 Å². The van der Waals surface area contributed by atoms with Gasteiger partial charge < -0.3 is 14.2 Å². The van der Waals surface area contributed by atoms with Crippen molar-refractivity contribution in [2.45, 2.75) is 32.3 Å². The number of methoxy groups -OCH3 is 1. The van der Waals surface area contributed by atoms with Gasteiger partial charge in [-0.1, -0.05) is 36.5 Å². The maximum atomic E-state index is 11.6. The second-order valence-corrected chi connectivity index (χ2v) is 5.40. The molecule has 21 heavy (non-hydrogen) atoms. The number of unbranched alkanes of at least 4 members (excludes halogenated alkanes) is 1. The molecular formula is C15H20Cl2O4. The van der Waals surface area contributed by atoms with Gasteiger partial charge >= 0.3 is 5.97 Å². The van der Waals surface area contributed by atoms with Crippen LogP contribution in [0.15, 0.2) is 18.2 Å². The molecule has 0 aromatic heterocycles. The van der Waals surface area contributed by atoms with Crippen molar-refractivity contribution < 1.29 is 19.0 Å². The third-order valence-corrected chi connectivity index (χ3v) is 3.23. The molecule has 1 aromatic carbocycles. The summed E-state index contributed by atoms with van der Waals surface area (Å²) in [7, 11) is 1.54. The molecule has 0 fully saturated rings. The van der Waals surface area contributed by atoms with Crippen molar-refractivity contribution in [2.24, 2.45) is 0 Å². The van der Waals surface area contributed by atoms with Gasteiger partial charge in [0.2, 0.25) is 0 Å². The lowest BCUT2D eigenvalue weighted by atomic mass is 10.2. The summed E-state index contributed by atoms with van der Waals surface area (Å²) in [5, 5.41) is 0.947. The van der Waals surface area contributed by atoms with Crippen molar-refractivity contribution in [3.8, 4) is 5.75 Å². The number of esters is 1. The van der Waals surface area contributed by atoms with Crippen LogP contribution in [0, 0.1) is 0 Å². The first-order valence-corrected chi connectivity index (χ1v) is 7.58. The van der Waals surface area contributed by atoms with Gasteiger partial charge in [-0.25, -0.2) is 0 Å². The van der Waals surface area contributed by atoms with Gasteiger partial charge in [0.15, 0.2) is 6.10 Å². The summed E-state index contributed by atoms with van der Waals surface area (Å²) in [6.07, 6.45) is 1.69. The molecule has 118 valence electrons. The first-order chi connectivity index (χ1) is 10.1. The van der Waals surface area contributed by atoms with E-state index in [0.717, 1.165) is 12.8 Å². The van der Waals surface area contributed by atoms with Crippen LogP contribution in [0.25, 0.3) is 0 Å². The molecule has 1 rings (SSSR count). The standard InChI is InChI=1S/C15H20Cl2O4/c1-3-4-5-15(18)21-12(9-19-2)10-20-14-7-6-11(16)8-13(14)17/h6-8,12H,3-5,9-10H2,1-2H3. The maximum Gasteiger partial charge on any atom is 0.306 e. The van der Waals surface area contributed by atoms with Crippen LogP contribution in [0.3, 0.4) is 0 Å². The van der Waals surface area contributed by atoms with Crippen LogP contribution >= 0.6 is 23.2 Å². The van der Waals surface area contributed by atoms with Gasteiger partial charge in [0, 0.05) is 18.6 Å². The Bertz CT molecular complexity index is 451. The highest BCUT2D eigenvalue weighted by Gasteiger charge is 2.16. The normalized spacial score (nSPS) is 12.0. The number of hydrogen-bond acceptors (Lipinski definition) is 4. The zero-order valence-corrected chi connectivity index (χ0v) is 13.7. The molecule has 0 spiro atoms. The first kappa shape index (κ1) is 18.1. The van der Waals surface area contributed by atoms with E-state index in [-0.39, 0.29) is 19.2 Å². The van der Waals surface area contributed by atoms with E-state index < -0.39 is 6.10 Å². The Hall–Kier alpha value is -0.970. The molecule has 0 amide bonds. The number of hydrogen-bond donors (Lipinski definition) is 0. The first-order valence-electron chi connectivity index (χ1n) is 6.83. The largest absolute Gasteiger partial charge is 0.488 e. The minimum absolute atomic E-state index is 0.174. The summed E-state index contributed by atoms with van der Waals surface area (Å²) in [4.78, 5) is 11.6. The van der Waals surface area contributed by atoms with Gasteiger partial charge in [-0.3, -0.25) is 4.79 Å². The summed E-state index contributed by atoms with van der Waals surface area (Å²) >= 11 is 11.8. The van der Waals surface area contributed by atoms with Crippen LogP contribution in [0.2, 0.25) is 10.0 Å². The fourth-order valence-electron chi connectivity index (χ4n) is 1.64. The molecular weight excluding hydrogens is 315 g/mol. The molecule has 0 saturated carbocycles. The second-order valence-electron chi connectivity index (χ2n) is 4.56. The highest BCUT2D eigenvalue weighted by molar-refractivity contribution is 6.35. The molecule has 6 heteroatoms. The van der Waals surface area contributed by atoms with E-state index in [1.54, 1.807) is 25.3 Å². The lowest BCUT2D eigenvalue weighted by molar-refractivity contribution is -0.153. The van der Waals surface area contributed by atoms with Crippen LogP contribution in [-0.4, -0.2) is 32.4 Å². The summed E-state index contributed by atoms with van der Waals surface area (Å²) in [6, 6.07) is 4.95. The summed E-state index contributed by atoms with van der Waals surface area (Å²) < 4.78 is 15.9. The Morgan fingerprint density at radius 3 is 2.67 bits per heavy atom. The predicted octanol–water partition coefficient (Wildman–Crippen LogP) is 4.12. The second kappa shape index (κ2) is 9.87. The molecule has 0 aliphatic rings. The molecule has 0 bridgehead atoms. The predicted molar refractivity (Wildman–Crippen MR) is 83.2 cm³/mol. The Kier molecular flexibility index (Phi) is 8.50. The average molecular weight is 335 g/mol. The number of rotatable bonds is 9. The van der Waals surface area contributed by atoms with E-state index >= 15 is 0 Å². The monoisotopic (exact) mass is 334 g/mol. The van der Waals surface area contributed by atoms with Gasteiger partial charge in [0.05, 0.1) is 11.6 Å². The lowest BCUT2D eigenvalue weighted by Crippen LogP contribution is -2.29. The van der Waals surface area contributed by atoms with Crippen molar-refractivity contribution in [1.29, 1.82) is 0 Å². The summed E-state index contributed by atoms with van der Waals surface area (Å²) in [6.45, 7) is 2.46. The molecule has 0 N–H and O–H groups in total. The summed E-state index contributed by atoms with van der Waals surface area (Å²) in [5.41, 5.74) is 0. The fourth-order valence-corrected chi connectivity index (χ4v) is 2.11. The molecule has 0 heterocycles. The molecule has 0 saturated heterocycles. The molecule has 0 radical (unpaired) electrons. The lowest BCUT2D eigenvalue weighted by Gasteiger charge is -2.18. The van der Waals surface area contributed by atoms with E-state index in [2.05, 4.69) is 0 Å². The van der Waals surface area contributed by atoms with Crippen LogP contribution in [-0.2, 0) is 14.3 Å². The highest BCUT2D eigenvalue weighted by atomic mass is 35.5. The molecule has 0 aliphatic carbocycles. The highest BCUT2D eigenvalue weighted by Crippen LogP contribution is 2.27. The number of halogens is 2. The maximum absolute atomic E-state index is 11.6. The zero-order valence-electron chi connectivity index (χ0n) is 12.2. The van der Waals surface area contributed by atoms with Gasteiger partial charge in [-0.15, -0.1) is 0 Å². The van der Waals surface area contributed by atoms with E-state index in [1.807, 2.05) is 6.92 Å². The number of carbonyl (C=O) groups is 1. The number of ether oxygens (including phenoxy) is 3. The Morgan fingerprint density at radius 1 is 1.29 bits per heavy atom. The van der Waals surface area contributed by atoms with Crippen molar-refractivity contribution in [1.82, 2.24) is 0 Å². The van der Waals surface area contributed by atoms with Crippen molar-refractivity contribution >= 4 is 29.2 Å². The third-order valence-electron chi connectivity index (χ3n) is 2.70. The van der Waals surface area contributed by atoms with E-state index in [4.69, 9.17) is 37.4 Å². The van der Waals surface area contributed by atoms with Crippen LogP contribution in [0.5, 0.6) is 5.75 Å².